The summed E-state index contributed by atoms with van der Waals surface area (Å²) in [5.41, 5.74) is 0.0517. The number of esters is 1. The standard InChI is InChI=1S/C13H16N2O5/c1-4-10(13(17)20-3)14-12(16)9-7-5-6-8(2)11(9)15(18)19/h5-7,10H,4H2,1-3H3,(H,14,16). The Bertz CT molecular complexity index is 542. The lowest BCUT2D eigenvalue weighted by atomic mass is 10.1. The lowest BCUT2D eigenvalue weighted by Crippen LogP contribution is -2.41. The second-order valence-corrected chi connectivity index (χ2v) is 4.19. The van der Waals surface area contributed by atoms with Crippen LogP contribution in [-0.2, 0) is 9.53 Å². The van der Waals surface area contributed by atoms with E-state index in [0.717, 1.165) is 0 Å². The summed E-state index contributed by atoms with van der Waals surface area (Å²) in [5, 5.41) is 13.5. The van der Waals surface area contributed by atoms with Crippen molar-refractivity contribution in [3.8, 4) is 0 Å². The first-order valence-electron chi connectivity index (χ1n) is 6.05. The van der Waals surface area contributed by atoms with E-state index in [-0.39, 0.29) is 11.3 Å². The number of ether oxygens (including phenoxy) is 1. The molecule has 108 valence electrons. The molecule has 0 aromatic heterocycles. The number of rotatable bonds is 5. The average molecular weight is 280 g/mol. The smallest absolute Gasteiger partial charge is 0.328 e. The molecule has 20 heavy (non-hydrogen) atoms. The Labute approximate surface area is 116 Å². The Hall–Kier alpha value is -2.44. The normalized spacial score (nSPS) is 11.6. The number of hydrogen-bond acceptors (Lipinski definition) is 5. The third-order valence-corrected chi connectivity index (χ3v) is 2.86. The van der Waals surface area contributed by atoms with Crippen LogP contribution in [0, 0.1) is 17.0 Å². The predicted octanol–water partition coefficient (Wildman–Crippen LogP) is 1.58. The molecule has 1 amide bonds. The number of nitro groups is 1. The molecule has 0 radical (unpaired) electrons. The number of methoxy groups -OCH3 is 1. The van der Waals surface area contributed by atoms with Crippen molar-refractivity contribution >= 4 is 17.6 Å². The van der Waals surface area contributed by atoms with E-state index in [2.05, 4.69) is 10.1 Å². The van der Waals surface area contributed by atoms with Gasteiger partial charge in [-0.25, -0.2) is 4.79 Å². The fourth-order valence-corrected chi connectivity index (χ4v) is 1.79. The zero-order valence-corrected chi connectivity index (χ0v) is 11.5. The number of carbonyl (C=O) groups is 2. The number of nitro benzene ring substituents is 1. The van der Waals surface area contributed by atoms with Crippen molar-refractivity contribution < 1.29 is 19.2 Å². The molecule has 0 aliphatic rings. The summed E-state index contributed by atoms with van der Waals surface area (Å²) in [5.74, 6) is -1.26. The lowest BCUT2D eigenvalue weighted by molar-refractivity contribution is -0.385. The fourth-order valence-electron chi connectivity index (χ4n) is 1.79. The van der Waals surface area contributed by atoms with Crippen LogP contribution in [0.25, 0.3) is 0 Å². The molecular weight excluding hydrogens is 264 g/mol. The first kappa shape index (κ1) is 15.6. The van der Waals surface area contributed by atoms with E-state index < -0.39 is 22.8 Å². The molecule has 0 bridgehead atoms. The number of amides is 1. The third-order valence-electron chi connectivity index (χ3n) is 2.86. The zero-order valence-electron chi connectivity index (χ0n) is 11.5. The number of nitrogens with zero attached hydrogens (tertiary/aromatic N) is 1. The molecule has 0 heterocycles. The number of para-hydroxylation sites is 1. The van der Waals surface area contributed by atoms with Crippen LogP contribution in [0.5, 0.6) is 0 Å². The Kier molecular flexibility index (Phi) is 5.19. The minimum Gasteiger partial charge on any atom is -0.467 e. The van der Waals surface area contributed by atoms with Crippen LogP contribution in [-0.4, -0.2) is 30.0 Å². The van der Waals surface area contributed by atoms with Gasteiger partial charge in [0.2, 0.25) is 0 Å². The molecule has 0 saturated heterocycles. The molecule has 1 atom stereocenters. The first-order chi connectivity index (χ1) is 9.42. The van der Waals surface area contributed by atoms with Gasteiger partial charge < -0.3 is 10.1 Å². The SMILES string of the molecule is CCC(NC(=O)c1cccc(C)c1[N+](=O)[O-])C(=O)OC. The van der Waals surface area contributed by atoms with Crippen LogP contribution in [0.2, 0.25) is 0 Å². The maximum absolute atomic E-state index is 12.1. The van der Waals surface area contributed by atoms with Crippen molar-refractivity contribution in [2.45, 2.75) is 26.3 Å². The summed E-state index contributed by atoms with van der Waals surface area (Å²) in [6, 6.07) is 3.63. The van der Waals surface area contributed by atoms with Gasteiger partial charge in [0.1, 0.15) is 11.6 Å². The molecule has 0 fully saturated rings. The van der Waals surface area contributed by atoms with Crippen LogP contribution in [0.4, 0.5) is 5.69 Å². The zero-order chi connectivity index (χ0) is 15.3. The highest BCUT2D eigenvalue weighted by molar-refractivity contribution is 6.00. The van der Waals surface area contributed by atoms with E-state index in [1.807, 2.05) is 0 Å². The van der Waals surface area contributed by atoms with Gasteiger partial charge in [0.15, 0.2) is 0 Å². The number of benzene rings is 1. The molecule has 1 aromatic carbocycles. The fraction of sp³-hybridized carbons (Fsp3) is 0.385. The lowest BCUT2D eigenvalue weighted by Gasteiger charge is -2.14. The van der Waals surface area contributed by atoms with E-state index in [9.17, 15) is 19.7 Å². The van der Waals surface area contributed by atoms with Crippen molar-refractivity contribution in [3.63, 3.8) is 0 Å². The summed E-state index contributed by atoms with van der Waals surface area (Å²) in [4.78, 5) is 33.9. The van der Waals surface area contributed by atoms with Gasteiger partial charge >= 0.3 is 5.97 Å². The molecule has 0 saturated carbocycles. The molecule has 0 aliphatic heterocycles. The maximum Gasteiger partial charge on any atom is 0.328 e. The Morgan fingerprint density at radius 1 is 1.45 bits per heavy atom. The molecule has 1 aromatic rings. The van der Waals surface area contributed by atoms with E-state index in [1.165, 1.54) is 13.2 Å². The Balaban J connectivity index is 3.07. The van der Waals surface area contributed by atoms with Gasteiger partial charge in [-0.3, -0.25) is 14.9 Å². The summed E-state index contributed by atoms with van der Waals surface area (Å²) >= 11 is 0. The van der Waals surface area contributed by atoms with Crippen molar-refractivity contribution in [1.82, 2.24) is 5.32 Å². The van der Waals surface area contributed by atoms with Gasteiger partial charge in [-0.2, -0.15) is 0 Å². The van der Waals surface area contributed by atoms with Crippen molar-refractivity contribution in [1.29, 1.82) is 0 Å². The van der Waals surface area contributed by atoms with E-state index in [0.29, 0.717) is 12.0 Å². The molecule has 1 rings (SSSR count). The van der Waals surface area contributed by atoms with Crippen LogP contribution < -0.4 is 5.32 Å². The summed E-state index contributed by atoms with van der Waals surface area (Å²) in [7, 11) is 1.21. The minimum absolute atomic E-state index is 0.0719. The van der Waals surface area contributed by atoms with E-state index in [1.54, 1.807) is 26.0 Å². The Morgan fingerprint density at radius 3 is 2.60 bits per heavy atom. The van der Waals surface area contributed by atoms with Crippen LogP contribution in [0.15, 0.2) is 18.2 Å². The molecule has 1 unspecified atom stereocenters. The molecule has 1 N–H and O–H groups in total. The van der Waals surface area contributed by atoms with Crippen LogP contribution in [0.1, 0.15) is 29.3 Å². The number of nitrogens with one attached hydrogen (secondary N) is 1. The van der Waals surface area contributed by atoms with Gasteiger partial charge in [-0.05, 0) is 19.4 Å². The van der Waals surface area contributed by atoms with E-state index in [4.69, 9.17) is 0 Å². The second-order valence-electron chi connectivity index (χ2n) is 4.19. The topological polar surface area (TPSA) is 98.5 Å². The highest BCUT2D eigenvalue weighted by Crippen LogP contribution is 2.23. The number of carbonyl (C=O) groups excluding carboxylic acids is 2. The quantitative estimate of drug-likeness (QED) is 0.501. The summed E-state index contributed by atoms with van der Waals surface area (Å²) in [6.07, 6.45) is 0.331. The molecule has 7 nitrogen and oxygen atoms in total. The summed E-state index contributed by atoms with van der Waals surface area (Å²) < 4.78 is 4.55. The van der Waals surface area contributed by atoms with Gasteiger partial charge in [-0.1, -0.05) is 19.1 Å². The second kappa shape index (κ2) is 6.65. The monoisotopic (exact) mass is 280 g/mol. The van der Waals surface area contributed by atoms with Gasteiger partial charge in [-0.15, -0.1) is 0 Å². The first-order valence-corrected chi connectivity index (χ1v) is 6.05. The molecule has 7 heteroatoms. The average Bonchev–Trinajstić information content (AvgIpc) is 2.42. The minimum atomic E-state index is -0.826. The highest BCUT2D eigenvalue weighted by atomic mass is 16.6. The molecule has 0 spiro atoms. The third kappa shape index (κ3) is 3.31. The maximum atomic E-state index is 12.1. The van der Waals surface area contributed by atoms with Crippen LogP contribution >= 0.6 is 0 Å². The number of hydrogen-bond donors (Lipinski definition) is 1. The predicted molar refractivity (Wildman–Crippen MR) is 71.4 cm³/mol. The van der Waals surface area contributed by atoms with Crippen molar-refractivity contribution in [2.24, 2.45) is 0 Å². The van der Waals surface area contributed by atoms with Crippen LogP contribution in [0.3, 0.4) is 0 Å². The van der Waals surface area contributed by atoms with Crippen molar-refractivity contribution in [3.05, 3.63) is 39.4 Å². The Morgan fingerprint density at radius 2 is 2.10 bits per heavy atom. The van der Waals surface area contributed by atoms with Gasteiger partial charge in [0.25, 0.3) is 11.6 Å². The van der Waals surface area contributed by atoms with Gasteiger partial charge in [0, 0.05) is 5.56 Å². The van der Waals surface area contributed by atoms with E-state index >= 15 is 0 Å². The highest BCUT2D eigenvalue weighted by Gasteiger charge is 2.26. The number of aryl methyl sites for hydroxylation is 1. The molecule has 0 aliphatic carbocycles. The molecular formula is C13H16N2O5. The van der Waals surface area contributed by atoms with Crippen molar-refractivity contribution in [2.75, 3.05) is 7.11 Å². The summed E-state index contributed by atoms with van der Waals surface area (Å²) in [6.45, 7) is 3.25. The van der Waals surface area contributed by atoms with Gasteiger partial charge in [0.05, 0.1) is 12.0 Å². The largest absolute Gasteiger partial charge is 0.467 e.